The highest BCUT2D eigenvalue weighted by Crippen LogP contribution is 2.28. The second-order valence-electron chi connectivity index (χ2n) is 6.22. The van der Waals surface area contributed by atoms with Crippen LogP contribution in [0.4, 0.5) is 0 Å². The van der Waals surface area contributed by atoms with Crippen molar-refractivity contribution in [2.45, 2.75) is 12.6 Å². The van der Waals surface area contributed by atoms with Crippen LogP contribution in [0.1, 0.15) is 16.8 Å². The van der Waals surface area contributed by atoms with Crippen molar-refractivity contribution in [1.29, 1.82) is 0 Å². The largest absolute Gasteiger partial charge is 0.369 e. The predicted molar refractivity (Wildman–Crippen MR) is 102 cm³/mol. The molecule has 132 valence electrons. The number of ether oxygens (including phenoxy) is 1. The molecular weight excluding hydrogens is 366 g/mol. The van der Waals surface area contributed by atoms with Gasteiger partial charge in [0.1, 0.15) is 16.8 Å². The number of fused-ring (bicyclic) bond motifs is 1. The van der Waals surface area contributed by atoms with E-state index in [1.807, 2.05) is 22.3 Å². The predicted octanol–water partition coefficient (Wildman–Crippen LogP) is 3.49. The van der Waals surface area contributed by atoms with Crippen LogP contribution in [0.2, 0.25) is 0 Å². The maximum absolute atomic E-state index is 6.01. The summed E-state index contributed by atoms with van der Waals surface area (Å²) in [5.41, 5.74) is 3.07. The van der Waals surface area contributed by atoms with Gasteiger partial charge in [0.25, 0.3) is 0 Å². The van der Waals surface area contributed by atoms with Crippen LogP contribution in [0.5, 0.6) is 0 Å². The summed E-state index contributed by atoms with van der Waals surface area (Å²) in [6.07, 6.45) is 3.83. The molecule has 1 atom stereocenters. The zero-order valence-electron chi connectivity index (χ0n) is 14.0. The smallest absolute Gasteiger partial charge is 0.121 e. The van der Waals surface area contributed by atoms with Crippen molar-refractivity contribution < 1.29 is 4.74 Å². The number of nitrogens with zero attached hydrogens (tertiary/aromatic N) is 5. The van der Waals surface area contributed by atoms with E-state index in [-0.39, 0.29) is 6.10 Å². The molecule has 1 aliphatic heterocycles. The van der Waals surface area contributed by atoms with Crippen LogP contribution in [0.25, 0.3) is 16.0 Å². The molecule has 26 heavy (non-hydrogen) atoms. The Balaban J connectivity index is 1.39. The van der Waals surface area contributed by atoms with Crippen molar-refractivity contribution >= 4 is 28.2 Å². The van der Waals surface area contributed by atoms with E-state index >= 15 is 0 Å². The quantitative estimate of drug-likeness (QED) is 0.540. The van der Waals surface area contributed by atoms with Gasteiger partial charge in [-0.05, 0) is 23.6 Å². The van der Waals surface area contributed by atoms with Gasteiger partial charge >= 0.3 is 0 Å². The van der Waals surface area contributed by atoms with E-state index < -0.39 is 0 Å². The summed E-state index contributed by atoms with van der Waals surface area (Å²) in [6.45, 7) is 3.28. The number of morpholine rings is 1. The van der Waals surface area contributed by atoms with E-state index in [9.17, 15) is 0 Å². The Morgan fingerprint density at radius 1 is 1.19 bits per heavy atom. The second-order valence-corrected chi connectivity index (χ2v) is 8.15. The van der Waals surface area contributed by atoms with Crippen molar-refractivity contribution in [2.24, 2.45) is 0 Å². The van der Waals surface area contributed by atoms with E-state index in [0.29, 0.717) is 6.61 Å². The highest BCUT2D eigenvalue weighted by Gasteiger charge is 2.26. The average Bonchev–Trinajstić information content (AvgIpc) is 3.43. The minimum Gasteiger partial charge on any atom is -0.369 e. The van der Waals surface area contributed by atoms with Gasteiger partial charge in [-0.1, -0.05) is 11.3 Å². The summed E-state index contributed by atoms with van der Waals surface area (Å²) in [6, 6.07) is 8.39. The first kappa shape index (κ1) is 16.1. The molecule has 4 aromatic rings. The molecule has 0 amide bonds. The third kappa shape index (κ3) is 3.05. The maximum atomic E-state index is 6.01. The Kier molecular flexibility index (Phi) is 4.25. The van der Waals surface area contributed by atoms with Crippen molar-refractivity contribution in [3.05, 3.63) is 58.1 Å². The summed E-state index contributed by atoms with van der Waals surface area (Å²) in [5, 5.41) is 14.0. The molecule has 5 rings (SSSR count). The third-order valence-electron chi connectivity index (χ3n) is 4.54. The van der Waals surface area contributed by atoms with Gasteiger partial charge in [-0.15, -0.1) is 27.8 Å². The van der Waals surface area contributed by atoms with E-state index in [2.05, 4.69) is 49.8 Å². The summed E-state index contributed by atoms with van der Waals surface area (Å²) in [5.74, 6) is 0. The average molecular weight is 384 g/mol. The number of rotatable bonds is 4. The highest BCUT2D eigenvalue weighted by atomic mass is 32.1. The highest BCUT2D eigenvalue weighted by molar-refractivity contribution is 7.13. The fourth-order valence-corrected chi connectivity index (χ4v) is 4.64. The molecule has 8 heteroatoms. The van der Waals surface area contributed by atoms with E-state index in [1.54, 1.807) is 22.7 Å². The first-order chi connectivity index (χ1) is 12.9. The fourth-order valence-electron chi connectivity index (χ4n) is 3.27. The molecule has 0 N–H and O–H groups in total. The molecule has 6 nitrogen and oxygen atoms in total. The lowest BCUT2D eigenvalue weighted by atomic mass is 10.1. The van der Waals surface area contributed by atoms with E-state index in [0.717, 1.165) is 41.4 Å². The maximum Gasteiger partial charge on any atom is 0.121 e. The molecule has 0 aliphatic carbocycles. The monoisotopic (exact) mass is 383 g/mol. The lowest BCUT2D eigenvalue weighted by Crippen LogP contribution is -2.38. The van der Waals surface area contributed by atoms with Gasteiger partial charge in [-0.3, -0.25) is 4.90 Å². The Labute approximate surface area is 158 Å². The zero-order valence-corrected chi connectivity index (χ0v) is 15.6. The molecule has 4 aromatic heterocycles. The third-order valence-corrected chi connectivity index (χ3v) is 6.23. The SMILES string of the molecule is c1csc(-c2ccc3c(C4CN(Cc5nccs5)CCO4)nnn3c2)c1. The van der Waals surface area contributed by atoms with Gasteiger partial charge in [0.2, 0.25) is 0 Å². The topological polar surface area (TPSA) is 55.5 Å². The van der Waals surface area contributed by atoms with Gasteiger partial charge in [0.15, 0.2) is 0 Å². The fraction of sp³-hybridized carbons (Fsp3) is 0.278. The number of thiophene rings is 1. The number of aromatic nitrogens is 4. The Morgan fingerprint density at radius 2 is 2.19 bits per heavy atom. The number of pyridine rings is 1. The first-order valence-electron chi connectivity index (χ1n) is 8.48. The van der Waals surface area contributed by atoms with Gasteiger partial charge in [-0.25, -0.2) is 9.50 Å². The summed E-state index contributed by atoms with van der Waals surface area (Å²) >= 11 is 3.42. The minimum atomic E-state index is -0.0613. The Morgan fingerprint density at radius 3 is 3.04 bits per heavy atom. The van der Waals surface area contributed by atoms with Crippen molar-refractivity contribution in [2.75, 3.05) is 19.7 Å². The van der Waals surface area contributed by atoms with Gasteiger partial charge in [0, 0.05) is 41.3 Å². The first-order valence-corrected chi connectivity index (χ1v) is 10.2. The van der Waals surface area contributed by atoms with Gasteiger partial charge in [0.05, 0.1) is 18.7 Å². The van der Waals surface area contributed by atoms with Crippen LogP contribution in [0.15, 0.2) is 47.4 Å². The molecule has 1 aliphatic rings. The van der Waals surface area contributed by atoms with Crippen molar-refractivity contribution in [3.8, 4) is 10.4 Å². The molecule has 0 radical (unpaired) electrons. The van der Waals surface area contributed by atoms with Gasteiger partial charge < -0.3 is 4.74 Å². The standard InChI is InChI=1S/C18H17N5OS2/c1-2-16(25-8-1)13-3-4-14-18(20-21-23(14)10-13)15-11-22(6-7-24-15)12-17-19-5-9-26-17/h1-5,8-10,15H,6-7,11-12H2. The normalized spacial score (nSPS) is 18.5. The molecule has 0 saturated carbocycles. The number of hydrogen-bond donors (Lipinski definition) is 0. The molecule has 5 heterocycles. The van der Waals surface area contributed by atoms with Gasteiger partial charge in [-0.2, -0.15) is 0 Å². The van der Waals surface area contributed by atoms with E-state index in [1.165, 1.54) is 4.88 Å². The molecule has 1 unspecified atom stereocenters. The molecule has 1 fully saturated rings. The van der Waals surface area contributed by atoms with E-state index in [4.69, 9.17) is 4.74 Å². The van der Waals surface area contributed by atoms with Crippen molar-refractivity contribution in [1.82, 2.24) is 24.7 Å². The number of thiazole rings is 1. The molecule has 0 bridgehead atoms. The van der Waals surface area contributed by atoms with Crippen LogP contribution < -0.4 is 0 Å². The number of hydrogen-bond acceptors (Lipinski definition) is 7. The van der Waals surface area contributed by atoms with Crippen LogP contribution in [0, 0.1) is 0 Å². The Bertz CT molecular complexity index is 996. The summed E-state index contributed by atoms with van der Waals surface area (Å²) < 4.78 is 7.86. The van der Waals surface area contributed by atoms with Crippen LogP contribution in [0.3, 0.4) is 0 Å². The minimum absolute atomic E-state index is 0.0613. The molecule has 1 saturated heterocycles. The second kappa shape index (κ2) is 6.88. The summed E-state index contributed by atoms with van der Waals surface area (Å²) in [4.78, 5) is 7.99. The molecule has 0 spiro atoms. The van der Waals surface area contributed by atoms with Crippen LogP contribution >= 0.6 is 22.7 Å². The Hall–Kier alpha value is -2.13. The summed E-state index contributed by atoms with van der Waals surface area (Å²) in [7, 11) is 0. The molecular formula is C18H17N5OS2. The lowest BCUT2D eigenvalue weighted by Gasteiger charge is -2.31. The van der Waals surface area contributed by atoms with Crippen LogP contribution in [-0.2, 0) is 11.3 Å². The lowest BCUT2D eigenvalue weighted by molar-refractivity contribution is -0.0343. The zero-order chi connectivity index (χ0) is 17.3. The molecule has 0 aromatic carbocycles. The van der Waals surface area contributed by atoms with Crippen LogP contribution in [-0.4, -0.2) is 44.4 Å². The van der Waals surface area contributed by atoms with Crippen molar-refractivity contribution in [3.63, 3.8) is 0 Å².